The van der Waals surface area contributed by atoms with Crippen LogP contribution in [0.5, 0.6) is 0 Å². The molecule has 1 aliphatic carbocycles. The lowest BCUT2D eigenvalue weighted by Crippen LogP contribution is -2.48. The normalized spacial score (nSPS) is 32.5. The molecule has 20 heavy (non-hydrogen) atoms. The average Bonchev–Trinajstić information content (AvgIpc) is 2.98. The highest BCUT2D eigenvalue weighted by Gasteiger charge is 2.48. The van der Waals surface area contributed by atoms with E-state index in [1.54, 1.807) is 7.11 Å². The summed E-state index contributed by atoms with van der Waals surface area (Å²) in [5.41, 5.74) is 0. The van der Waals surface area contributed by atoms with E-state index in [0.29, 0.717) is 23.9 Å². The third-order valence-corrected chi connectivity index (χ3v) is 5.60. The molecule has 0 aromatic carbocycles. The number of rotatable bonds is 5. The van der Waals surface area contributed by atoms with Crippen molar-refractivity contribution in [3.05, 3.63) is 0 Å². The molecule has 1 amide bonds. The van der Waals surface area contributed by atoms with Gasteiger partial charge in [0.2, 0.25) is 5.91 Å². The number of nitrogens with zero attached hydrogens (tertiary/aromatic N) is 1. The highest BCUT2D eigenvalue weighted by molar-refractivity contribution is 5.80. The fraction of sp³-hybridized carbons (Fsp3) is 0.941. The second-order valence-corrected chi connectivity index (χ2v) is 7.01. The number of amides is 1. The fourth-order valence-corrected chi connectivity index (χ4v) is 4.31. The molecule has 2 rings (SSSR count). The van der Waals surface area contributed by atoms with Gasteiger partial charge in [0.05, 0.1) is 12.0 Å². The van der Waals surface area contributed by atoms with Crippen molar-refractivity contribution in [1.29, 1.82) is 0 Å². The molecular weight excluding hydrogens is 250 g/mol. The largest absolute Gasteiger partial charge is 0.381 e. The lowest BCUT2D eigenvalue weighted by atomic mass is 9.94. The minimum Gasteiger partial charge on any atom is -0.381 e. The van der Waals surface area contributed by atoms with Crippen molar-refractivity contribution in [1.82, 2.24) is 4.90 Å². The van der Waals surface area contributed by atoms with Gasteiger partial charge in [-0.1, -0.05) is 27.2 Å². The van der Waals surface area contributed by atoms with Crippen molar-refractivity contribution in [3.8, 4) is 0 Å². The topological polar surface area (TPSA) is 29.5 Å². The van der Waals surface area contributed by atoms with Crippen molar-refractivity contribution in [3.63, 3.8) is 0 Å². The van der Waals surface area contributed by atoms with Crippen LogP contribution in [0.15, 0.2) is 0 Å². The predicted molar refractivity (Wildman–Crippen MR) is 81.5 cm³/mol. The molecule has 1 saturated carbocycles. The predicted octanol–water partition coefficient (Wildman–Crippen LogP) is 3.47. The van der Waals surface area contributed by atoms with Crippen LogP contribution in [-0.2, 0) is 9.53 Å². The Kier molecular flexibility index (Phi) is 5.11. The maximum Gasteiger partial charge on any atom is 0.228 e. The monoisotopic (exact) mass is 281 g/mol. The Morgan fingerprint density at radius 1 is 1.30 bits per heavy atom. The third-order valence-electron chi connectivity index (χ3n) is 5.60. The van der Waals surface area contributed by atoms with Crippen LogP contribution in [-0.4, -0.2) is 36.1 Å². The Hall–Kier alpha value is -0.570. The fourth-order valence-electron chi connectivity index (χ4n) is 4.31. The summed E-state index contributed by atoms with van der Waals surface area (Å²) < 4.78 is 5.44. The van der Waals surface area contributed by atoms with Crippen LogP contribution >= 0.6 is 0 Å². The Morgan fingerprint density at radius 2 is 2.00 bits per heavy atom. The van der Waals surface area contributed by atoms with Gasteiger partial charge in [-0.3, -0.25) is 4.79 Å². The maximum atomic E-state index is 13.1. The minimum absolute atomic E-state index is 0.0144. The first-order valence-electron chi connectivity index (χ1n) is 8.36. The minimum atomic E-state index is 0.0144. The molecule has 1 heterocycles. The molecule has 0 bridgehead atoms. The molecule has 0 aromatic rings. The molecule has 3 nitrogen and oxygen atoms in total. The van der Waals surface area contributed by atoms with Gasteiger partial charge in [-0.2, -0.15) is 0 Å². The van der Waals surface area contributed by atoms with Gasteiger partial charge >= 0.3 is 0 Å². The van der Waals surface area contributed by atoms with Crippen LogP contribution in [0.25, 0.3) is 0 Å². The molecule has 3 heteroatoms. The summed E-state index contributed by atoms with van der Waals surface area (Å²) in [5, 5.41) is 0. The molecule has 4 unspecified atom stereocenters. The summed E-state index contributed by atoms with van der Waals surface area (Å²) in [4.78, 5) is 15.4. The van der Waals surface area contributed by atoms with Gasteiger partial charge in [0.25, 0.3) is 0 Å². The molecule has 0 aromatic heterocycles. The summed E-state index contributed by atoms with van der Waals surface area (Å²) in [7, 11) is 1.71. The zero-order valence-electron chi connectivity index (χ0n) is 13.8. The molecule has 2 aliphatic rings. The van der Waals surface area contributed by atoms with Crippen molar-refractivity contribution in [2.24, 2.45) is 17.8 Å². The van der Waals surface area contributed by atoms with Gasteiger partial charge in [0, 0.05) is 19.2 Å². The van der Waals surface area contributed by atoms with E-state index in [1.165, 1.54) is 25.7 Å². The van der Waals surface area contributed by atoms with E-state index in [0.717, 1.165) is 12.3 Å². The lowest BCUT2D eigenvalue weighted by molar-refractivity contribution is -0.144. The standard InChI is InChI=1S/C17H31NO2/c1-6-14(12(4)20-5)17(19)18-15-9-7-8-13(15)10-16(18)11(2)3/h11-16H,6-10H2,1-5H3/t12?,13?,14?,15?,16-/m0/s1. The summed E-state index contributed by atoms with van der Waals surface area (Å²) in [6.45, 7) is 8.64. The number of ether oxygens (including phenoxy) is 1. The first-order valence-corrected chi connectivity index (χ1v) is 8.36. The summed E-state index contributed by atoms with van der Waals surface area (Å²) in [6.07, 6.45) is 5.91. The Bertz CT molecular complexity index is 342. The van der Waals surface area contributed by atoms with E-state index in [2.05, 4.69) is 25.7 Å². The van der Waals surface area contributed by atoms with E-state index in [9.17, 15) is 4.79 Å². The number of carbonyl (C=O) groups is 1. The molecule has 2 fully saturated rings. The molecule has 1 aliphatic heterocycles. The molecule has 1 saturated heterocycles. The average molecular weight is 281 g/mol. The second kappa shape index (κ2) is 6.46. The van der Waals surface area contributed by atoms with E-state index >= 15 is 0 Å². The highest BCUT2D eigenvalue weighted by atomic mass is 16.5. The molecule has 116 valence electrons. The second-order valence-electron chi connectivity index (χ2n) is 7.01. The van der Waals surface area contributed by atoms with Crippen LogP contribution in [0, 0.1) is 17.8 Å². The van der Waals surface area contributed by atoms with Gasteiger partial charge in [-0.25, -0.2) is 0 Å². The summed E-state index contributed by atoms with van der Waals surface area (Å²) >= 11 is 0. The first-order chi connectivity index (χ1) is 9.51. The Balaban J connectivity index is 2.19. The molecule has 0 N–H and O–H groups in total. The molecule has 0 spiro atoms. The number of carbonyl (C=O) groups excluding carboxylic acids is 1. The lowest BCUT2D eigenvalue weighted by Gasteiger charge is -2.36. The van der Waals surface area contributed by atoms with Crippen molar-refractivity contribution in [2.45, 2.75) is 78.0 Å². The van der Waals surface area contributed by atoms with Crippen LogP contribution in [0.1, 0.15) is 59.8 Å². The van der Waals surface area contributed by atoms with Gasteiger partial charge in [-0.05, 0) is 44.4 Å². The number of hydrogen-bond donors (Lipinski definition) is 0. The third kappa shape index (κ3) is 2.74. The zero-order valence-corrected chi connectivity index (χ0v) is 13.8. The first kappa shape index (κ1) is 15.8. The molecule has 0 radical (unpaired) electrons. The smallest absolute Gasteiger partial charge is 0.228 e. The molecular formula is C17H31NO2. The van der Waals surface area contributed by atoms with Gasteiger partial charge in [0.1, 0.15) is 0 Å². The number of likely N-dealkylation sites (tertiary alicyclic amines) is 1. The van der Waals surface area contributed by atoms with Crippen molar-refractivity contribution < 1.29 is 9.53 Å². The van der Waals surface area contributed by atoms with Crippen LogP contribution in [0.2, 0.25) is 0 Å². The van der Waals surface area contributed by atoms with Crippen LogP contribution < -0.4 is 0 Å². The van der Waals surface area contributed by atoms with Crippen LogP contribution in [0.4, 0.5) is 0 Å². The highest BCUT2D eigenvalue weighted by Crippen LogP contribution is 2.44. The Labute approximate surface area is 124 Å². The zero-order chi connectivity index (χ0) is 14.9. The number of hydrogen-bond acceptors (Lipinski definition) is 2. The van der Waals surface area contributed by atoms with Crippen molar-refractivity contribution >= 4 is 5.91 Å². The SMILES string of the molecule is CCC(C(=O)N1C2CCCC2C[C@H]1C(C)C)C(C)OC. The summed E-state index contributed by atoms with van der Waals surface area (Å²) in [5.74, 6) is 1.66. The van der Waals surface area contributed by atoms with E-state index in [1.807, 2.05) is 6.92 Å². The van der Waals surface area contributed by atoms with E-state index < -0.39 is 0 Å². The summed E-state index contributed by atoms with van der Waals surface area (Å²) in [6, 6.07) is 0.948. The Morgan fingerprint density at radius 3 is 2.55 bits per heavy atom. The van der Waals surface area contributed by atoms with Crippen molar-refractivity contribution in [2.75, 3.05) is 7.11 Å². The number of methoxy groups -OCH3 is 1. The van der Waals surface area contributed by atoms with Gasteiger partial charge < -0.3 is 9.64 Å². The molecule has 5 atom stereocenters. The van der Waals surface area contributed by atoms with E-state index in [-0.39, 0.29) is 12.0 Å². The quantitative estimate of drug-likeness (QED) is 0.772. The maximum absolute atomic E-state index is 13.1. The van der Waals surface area contributed by atoms with E-state index in [4.69, 9.17) is 4.74 Å². The van der Waals surface area contributed by atoms with Gasteiger partial charge in [-0.15, -0.1) is 0 Å². The van der Waals surface area contributed by atoms with Gasteiger partial charge in [0.15, 0.2) is 0 Å². The van der Waals surface area contributed by atoms with Crippen LogP contribution in [0.3, 0.4) is 0 Å². The number of fused-ring (bicyclic) bond motifs is 1.